The third-order valence-electron chi connectivity index (χ3n) is 2.49. The van der Waals surface area contributed by atoms with Gasteiger partial charge in [0.1, 0.15) is 11.6 Å². The molecule has 0 saturated heterocycles. The van der Waals surface area contributed by atoms with Gasteiger partial charge in [-0.2, -0.15) is 0 Å². The molecule has 1 aromatic carbocycles. The molecule has 0 aliphatic heterocycles. The maximum atomic E-state index is 13.3. The van der Waals surface area contributed by atoms with Crippen molar-refractivity contribution in [2.75, 3.05) is 13.7 Å². The lowest BCUT2D eigenvalue weighted by Gasteiger charge is -2.16. The number of benzene rings is 1. The molecule has 16 heavy (non-hydrogen) atoms. The first-order valence-corrected chi connectivity index (χ1v) is 5.34. The molecule has 0 saturated carbocycles. The van der Waals surface area contributed by atoms with Gasteiger partial charge in [-0.25, -0.2) is 8.78 Å². The summed E-state index contributed by atoms with van der Waals surface area (Å²) >= 11 is 0. The van der Waals surface area contributed by atoms with E-state index in [-0.39, 0.29) is 18.2 Å². The van der Waals surface area contributed by atoms with Crippen LogP contribution in [-0.2, 0) is 11.3 Å². The molecule has 0 aliphatic carbocycles. The second-order valence-corrected chi connectivity index (χ2v) is 3.64. The Hall–Kier alpha value is -1.00. The van der Waals surface area contributed by atoms with Crippen molar-refractivity contribution in [1.82, 2.24) is 5.32 Å². The van der Waals surface area contributed by atoms with Crippen LogP contribution in [0.1, 0.15) is 18.9 Å². The highest BCUT2D eigenvalue weighted by Gasteiger charge is 2.10. The van der Waals surface area contributed by atoms with Gasteiger partial charge in [-0.05, 0) is 18.6 Å². The molecular formula is C12H17F2NO. The first-order valence-electron chi connectivity index (χ1n) is 5.34. The van der Waals surface area contributed by atoms with Crippen LogP contribution < -0.4 is 5.32 Å². The van der Waals surface area contributed by atoms with E-state index in [0.717, 1.165) is 6.42 Å². The van der Waals surface area contributed by atoms with Gasteiger partial charge in [0.15, 0.2) is 0 Å². The van der Waals surface area contributed by atoms with E-state index >= 15 is 0 Å². The zero-order valence-electron chi connectivity index (χ0n) is 9.59. The molecule has 0 aliphatic rings. The molecule has 1 N–H and O–H groups in total. The summed E-state index contributed by atoms with van der Waals surface area (Å²) in [7, 11) is 1.61. The Morgan fingerprint density at radius 3 is 2.44 bits per heavy atom. The van der Waals surface area contributed by atoms with Crippen LogP contribution in [0.4, 0.5) is 8.78 Å². The van der Waals surface area contributed by atoms with Crippen molar-refractivity contribution in [2.45, 2.75) is 25.9 Å². The second kappa shape index (κ2) is 6.55. The van der Waals surface area contributed by atoms with Crippen LogP contribution in [0.2, 0.25) is 0 Å². The number of rotatable bonds is 6. The van der Waals surface area contributed by atoms with Crippen molar-refractivity contribution in [2.24, 2.45) is 0 Å². The lowest BCUT2D eigenvalue weighted by atomic mass is 10.1. The van der Waals surface area contributed by atoms with Crippen molar-refractivity contribution >= 4 is 0 Å². The standard InChI is InChI=1S/C12H17F2NO/c1-3-9(8-16-2)15-7-10-11(13)5-4-6-12(10)14/h4-6,9,15H,3,7-8H2,1-2H3. The van der Waals surface area contributed by atoms with E-state index in [1.54, 1.807) is 7.11 Å². The van der Waals surface area contributed by atoms with Gasteiger partial charge < -0.3 is 10.1 Å². The number of hydrogen-bond acceptors (Lipinski definition) is 2. The second-order valence-electron chi connectivity index (χ2n) is 3.64. The fourth-order valence-electron chi connectivity index (χ4n) is 1.47. The molecule has 2 nitrogen and oxygen atoms in total. The Bertz CT molecular complexity index is 311. The minimum Gasteiger partial charge on any atom is -0.383 e. The minimum atomic E-state index is -0.514. The zero-order chi connectivity index (χ0) is 12.0. The number of halogens is 2. The Labute approximate surface area is 94.6 Å². The van der Waals surface area contributed by atoms with Gasteiger partial charge in [-0.15, -0.1) is 0 Å². The summed E-state index contributed by atoms with van der Waals surface area (Å²) < 4.78 is 31.6. The summed E-state index contributed by atoms with van der Waals surface area (Å²) in [5, 5.41) is 3.06. The Morgan fingerprint density at radius 2 is 1.94 bits per heavy atom. The first kappa shape index (κ1) is 13.1. The molecule has 0 spiro atoms. The third kappa shape index (κ3) is 3.54. The van der Waals surface area contributed by atoms with Gasteiger partial charge in [0.25, 0.3) is 0 Å². The molecule has 0 amide bonds. The fraction of sp³-hybridized carbons (Fsp3) is 0.500. The Morgan fingerprint density at radius 1 is 1.31 bits per heavy atom. The number of nitrogens with one attached hydrogen (secondary N) is 1. The summed E-state index contributed by atoms with van der Waals surface area (Å²) in [5.41, 5.74) is 0.0806. The van der Waals surface area contributed by atoms with E-state index in [1.807, 2.05) is 6.92 Å². The highest BCUT2D eigenvalue weighted by Crippen LogP contribution is 2.11. The SMILES string of the molecule is CCC(COC)NCc1c(F)cccc1F. The van der Waals surface area contributed by atoms with E-state index in [4.69, 9.17) is 4.74 Å². The van der Waals surface area contributed by atoms with Crippen LogP contribution >= 0.6 is 0 Å². The van der Waals surface area contributed by atoms with Gasteiger partial charge in [0, 0.05) is 25.3 Å². The molecule has 0 heterocycles. The van der Waals surface area contributed by atoms with Crippen molar-refractivity contribution in [3.05, 3.63) is 35.4 Å². The molecule has 0 radical (unpaired) electrons. The maximum Gasteiger partial charge on any atom is 0.130 e. The number of ether oxygens (including phenoxy) is 1. The molecule has 0 fully saturated rings. The van der Waals surface area contributed by atoms with E-state index < -0.39 is 11.6 Å². The van der Waals surface area contributed by atoms with Crippen LogP contribution in [0.5, 0.6) is 0 Å². The van der Waals surface area contributed by atoms with Crippen LogP contribution in [0.25, 0.3) is 0 Å². The van der Waals surface area contributed by atoms with Gasteiger partial charge in [-0.3, -0.25) is 0 Å². The third-order valence-corrected chi connectivity index (χ3v) is 2.49. The quantitative estimate of drug-likeness (QED) is 0.809. The largest absolute Gasteiger partial charge is 0.383 e. The zero-order valence-corrected chi connectivity index (χ0v) is 9.59. The number of hydrogen-bond donors (Lipinski definition) is 1. The Balaban J connectivity index is 2.59. The monoisotopic (exact) mass is 229 g/mol. The van der Waals surface area contributed by atoms with Gasteiger partial charge in [-0.1, -0.05) is 13.0 Å². The highest BCUT2D eigenvalue weighted by atomic mass is 19.1. The lowest BCUT2D eigenvalue weighted by Crippen LogP contribution is -2.32. The molecule has 1 aromatic rings. The normalized spacial score (nSPS) is 12.8. The Kier molecular flexibility index (Phi) is 5.35. The van der Waals surface area contributed by atoms with Crippen LogP contribution in [0.15, 0.2) is 18.2 Å². The molecule has 90 valence electrons. The van der Waals surface area contributed by atoms with Crippen LogP contribution in [-0.4, -0.2) is 19.8 Å². The van der Waals surface area contributed by atoms with E-state index in [0.29, 0.717) is 6.61 Å². The predicted molar refractivity (Wildman–Crippen MR) is 59.2 cm³/mol. The molecule has 0 bridgehead atoms. The topological polar surface area (TPSA) is 21.3 Å². The lowest BCUT2D eigenvalue weighted by molar-refractivity contribution is 0.163. The fourth-order valence-corrected chi connectivity index (χ4v) is 1.47. The average Bonchev–Trinajstić information content (AvgIpc) is 2.27. The molecule has 1 rings (SSSR count). The van der Waals surface area contributed by atoms with Crippen molar-refractivity contribution in [1.29, 1.82) is 0 Å². The molecule has 1 unspecified atom stereocenters. The molecule has 0 aromatic heterocycles. The number of methoxy groups -OCH3 is 1. The first-order chi connectivity index (χ1) is 7.69. The van der Waals surface area contributed by atoms with Crippen LogP contribution in [0.3, 0.4) is 0 Å². The van der Waals surface area contributed by atoms with Gasteiger partial charge in [0.2, 0.25) is 0 Å². The van der Waals surface area contributed by atoms with Crippen molar-refractivity contribution < 1.29 is 13.5 Å². The molecule has 4 heteroatoms. The minimum absolute atomic E-state index is 0.0806. The molecular weight excluding hydrogens is 212 g/mol. The van der Waals surface area contributed by atoms with E-state index in [9.17, 15) is 8.78 Å². The van der Waals surface area contributed by atoms with E-state index in [1.165, 1.54) is 18.2 Å². The van der Waals surface area contributed by atoms with E-state index in [2.05, 4.69) is 5.32 Å². The predicted octanol–water partition coefficient (Wildman–Crippen LogP) is 2.48. The summed E-state index contributed by atoms with van der Waals surface area (Å²) in [4.78, 5) is 0. The van der Waals surface area contributed by atoms with Crippen LogP contribution in [0, 0.1) is 11.6 Å². The molecule has 1 atom stereocenters. The maximum absolute atomic E-state index is 13.3. The van der Waals surface area contributed by atoms with Crippen molar-refractivity contribution in [3.63, 3.8) is 0 Å². The average molecular weight is 229 g/mol. The smallest absolute Gasteiger partial charge is 0.130 e. The summed E-state index contributed by atoms with van der Waals surface area (Å²) in [5.74, 6) is -1.03. The summed E-state index contributed by atoms with van der Waals surface area (Å²) in [6, 6.07) is 4.00. The van der Waals surface area contributed by atoms with Gasteiger partial charge >= 0.3 is 0 Å². The van der Waals surface area contributed by atoms with Crippen molar-refractivity contribution in [3.8, 4) is 0 Å². The summed E-state index contributed by atoms with van der Waals surface area (Å²) in [6.07, 6.45) is 0.851. The summed E-state index contributed by atoms with van der Waals surface area (Å²) in [6.45, 7) is 2.71. The van der Waals surface area contributed by atoms with Gasteiger partial charge in [0.05, 0.1) is 6.61 Å². The highest BCUT2D eigenvalue weighted by molar-refractivity contribution is 5.19.